The van der Waals surface area contributed by atoms with Crippen LogP contribution in [0, 0.1) is 6.92 Å². The van der Waals surface area contributed by atoms with Crippen LogP contribution in [-0.2, 0) is 26.4 Å². The Balaban J connectivity index is 0.00000363. The number of aryl methyl sites for hydroxylation is 1. The van der Waals surface area contributed by atoms with E-state index in [1.165, 1.54) is 11.1 Å². The predicted octanol–water partition coefficient (Wildman–Crippen LogP) is 3.92. The molecule has 3 rings (SSSR count). The number of hydrogen-bond acceptors (Lipinski definition) is 4. The van der Waals surface area contributed by atoms with Gasteiger partial charge in [0.05, 0.1) is 7.11 Å². The van der Waals surface area contributed by atoms with E-state index in [1.807, 2.05) is 48.9 Å². The quantitative estimate of drug-likeness (QED) is 0.233. The lowest BCUT2D eigenvalue weighted by Gasteiger charge is -2.13. The summed E-state index contributed by atoms with van der Waals surface area (Å²) in [5.41, 5.74) is 2.41. The molecule has 9 heteroatoms. The zero-order valence-electron chi connectivity index (χ0n) is 18.6. The van der Waals surface area contributed by atoms with Gasteiger partial charge < -0.3 is 19.9 Å². The van der Waals surface area contributed by atoms with Crippen LogP contribution in [-0.4, -0.2) is 40.9 Å². The van der Waals surface area contributed by atoms with Crippen molar-refractivity contribution in [3.63, 3.8) is 0 Å². The van der Waals surface area contributed by atoms with Gasteiger partial charge in [0.15, 0.2) is 11.8 Å². The lowest BCUT2D eigenvalue weighted by atomic mass is 10.1. The molecule has 0 radical (unpaired) electrons. The zero-order chi connectivity index (χ0) is 22.1. The van der Waals surface area contributed by atoms with Crippen LogP contribution in [0.4, 0.5) is 0 Å². The Labute approximate surface area is 211 Å². The van der Waals surface area contributed by atoms with Crippen molar-refractivity contribution in [2.75, 3.05) is 20.2 Å². The number of ether oxygens (including phenoxy) is 1. The molecule has 2 N–H and O–H groups in total. The maximum atomic E-state index is 6.09. The summed E-state index contributed by atoms with van der Waals surface area (Å²) < 4.78 is 7.17. The Hall–Kier alpha value is -2.33. The fraction of sp³-hybridized carbons (Fsp3) is 0.348. The Bertz CT molecular complexity index is 1010. The van der Waals surface area contributed by atoms with Gasteiger partial charge in [0, 0.05) is 25.2 Å². The first-order chi connectivity index (χ1) is 15.0. The van der Waals surface area contributed by atoms with Gasteiger partial charge in [-0.3, -0.25) is 0 Å². The molecule has 0 saturated heterocycles. The third-order valence-electron chi connectivity index (χ3n) is 5.02. The van der Waals surface area contributed by atoms with Gasteiger partial charge in [0.25, 0.3) is 0 Å². The van der Waals surface area contributed by atoms with Gasteiger partial charge in [-0.1, -0.05) is 35.9 Å². The highest BCUT2D eigenvalue weighted by atomic mass is 127. The molecule has 0 saturated carbocycles. The predicted molar refractivity (Wildman–Crippen MR) is 140 cm³/mol. The highest BCUT2D eigenvalue weighted by molar-refractivity contribution is 14.0. The summed E-state index contributed by atoms with van der Waals surface area (Å²) in [7, 11) is 3.62. The molecular formula is C23H30ClIN6O. The first kappa shape index (κ1) is 25.9. The Kier molecular flexibility index (Phi) is 10.8. The Morgan fingerprint density at radius 3 is 2.31 bits per heavy atom. The van der Waals surface area contributed by atoms with Crippen molar-refractivity contribution >= 4 is 41.5 Å². The maximum Gasteiger partial charge on any atom is 0.191 e. The van der Waals surface area contributed by atoms with Crippen LogP contribution >= 0.6 is 35.6 Å². The molecule has 2 aromatic carbocycles. The number of methoxy groups -OCH3 is 1. The summed E-state index contributed by atoms with van der Waals surface area (Å²) in [4.78, 5) is 4.70. The molecular weight excluding hydrogens is 539 g/mol. The van der Waals surface area contributed by atoms with E-state index in [-0.39, 0.29) is 24.0 Å². The molecule has 0 aliphatic rings. The molecule has 0 bridgehead atoms. The number of nitrogens with zero attached hydrogens (tertiary/aromatic N) is 4. The zero-order valence-corrected chi connectivity index (χ0v) is 21.7. The normalized spacial score (nSPS) is 11.1. The van der Waals surface area contributed by atoms with E-state index in [0.29, 0.717) is 6.54 Å². The minimum Gasteiger partial charge on any atom is -0.497 e. The molecule has 0 unspecified atom stereocenters. The number of aromatic nitrogens is 3. The fourth-order valence-corrected chi connectivity index (χ4v) is 3.26. The molecule has 0 amide bonds. The van der Waals surface area contributed by atoms with Crippen molar-refractivity contribution in [3.05, 3.63) is 76.3 Å². The van der Waals surface area contributed by atoms with E-state index in [1.54, 1.807) is 7.11 Å². The van der Waals surface area contributed by atoms with Crippen molar-refractivity contribution in [2.24, 2.45) is 12.0 Å². The van der Waals surface area contributed by atoms with Crippen LogP contribution in [0.1, 0.15) is 22.8 Å². The number of nitrogens with one attached hydrogen (secondary N) is 2. The highest BCUT2D eigenvalue weighted by Crippen LogP contribution is 2.12. The van der Waals surface area contributed by atoms with Crippen molar-refractivity contribution in [1.82, 2.24) is 25.4 Å². The number of hydrogen-bond donors (Lipinski definition) is 2. The SMILES string of the molecule is COc1ccc(CCNC(=NCc2nnc(C)n2C)NCCc2cccc(Cl)c2)cc1.I. The van der Waals surface area contributed by atoms with Gasteiger partial charge in [-0.15, -0.1) is 34.2 Å². The van der Waals surface area contributed by atoms with Gasteiger partial charge in [-0.25, -0.2) is 4.99 Å². The largest absolute Gasteiger partial charge is 0.497 e. The van der Waals surface area contributed by atoms with Crippen LogP contribution in [0.15, 0.2) is 53.5 Å². The van der Waals surface area contributed by atoms with E-state index in [9.17, 15) is 0 Å². The van der Waals surface area contributed by atoms with Crippen LogP contribution in [0.2, 0.25) is 5.02 Å². The first-order valence-corrected chi connectivity index (χ1v) is 10.7. The van der Waals surface area contributed by atoms with E-state index < -0.39 is 0 Å². The number of rotatable bonds is 9. The monoisotopic (exact) mass is 568 g/mol. The second-order valence-electron chi connectivity index (χ2n) is 7.22. The minimum absolute atomic E-state index is 0. The molecule has 0 fully saturated rings. The highest BCUT2D eigenvalue weighted by Gasteiger charge is 2.06. The summed E-state index contributed by atoms with van der Waals surface area (Å²) in [5, 5.41) is 15.9. The summed E-state index contributed by atoms with van der Waals surface area (Å²) in [6.07, 6.45) is 1.73. The number of halogens is 2. The third-order valence-corrected chi connectivity index (χ3v) is 5.26. The van der Waals surface area contributed by atoms with Crippen molar-refractivity contribution < 1.29 is 4.74 Å². The molecule has 32 heavy (non-hydrogen) atoms. The van der Waals surface area contributed by atoms with E-state index in [0.717, 1.165) is 54.3 Å². The molecule has 0 aliphatic carbocycles. The Morgan fingerprint density at radius 2 is 1.72 bits per heavy atom. The smallest absolute Gasteiger partial charge is 0.191 e. The van der Waals surface area contributed by atoms with Crippen LogP contribution < -0.4 is 15.4 Å². The molecule has 1 heterocycles. The average Bonchev–Trinajstić information content (AvgIpc) is 3.10. The minimum atomic E-state index is 0. The molecule has 0 spiro atoms. The fourth-order valence-electron chi connectivity index (χ4n) is 3.05. The number of guanidine groups is 1. The van der Waals surface area contributed by atoms with Crippen molar-refractivity contribution in [1.29, 1.82) is 0 Å². The van der Waals surface area contributed by atoms with Crippen LogP contribution in [0.5, 0.6) is 5.75 Å². The third kappa shape index (κ3) is 7.98. The molecule has 3 aromatic rings. The van der Waals surface area contributed by atoms with Gasteiger partial charge in [-0.2, -0.15) is 0 Å². The summed E-state index contributed by atoms with van der Waals surface area (Å²) in [6, 6.07) is 16.0. The second kappa shape index (κ2) is 13.3. The maximum absolute atomic E-state index is 6.09. The topological polar surface area (TPSA) is 76.4 Å². The van der Waals surface area contributed by atoms with Crippen LogP contribution in [0.3, 0.4) is 0 Å². The molecule has 7 nitrogen and oxygen atoms in total. The van der Waals surface area contributed by atoms with E-state index >= 15 is 0 Å². The summed E-state index contributed by atoms with van der Waals surface area (Å²) in [6.45, 7) is 3.88. The second-order valence-corrected chi connectivity index (χ2v) is 7.66. The molecule has 172 valence electrons. The van der Waals surface area contributed by atoms with E-state index in [4.69, 9.17) is 21.3 Å². The van der Waals surface area contributed by atoms with E-state index in [2.05, 4.69) is 39.0 Å². The van der Waals surface area contributed by atoms with Gasteiger partial charge in [0.2, 0.25) is 0 Å². The van der Waals surface area contributed by atoms with Gasteiger partial charge in [-0.05, 0) is 55.2 Å². The van der Waals surface area contributed by atoms with Gasteiger partial charge in [0.1, 0.15) is 18.1 Å². The average molecular weight is 569 g/mol. The Morgan fingerprint density at radius 1 is 1.03 bits per heavy atom. The number of benzene rings is 2. The summed E-state index contributed by atoms with van der Waals surface area (Å²) in [5.74, 6) is 3.30. The van der Waals surface area contributed by atoms with Crippen LogP contribution in [0.25, 0.3) is 0 Å². The van der Waals surface area contributed by atoms with Crippen molar-refractivity contribution in [3.8, 4) is 5.75 Å². The number of aliphatic imine (C=N–C) groups is 1. The standard InChI is InChI=1S/C23H29ClN6O.HI/c1-17-28-29-22(30(17)2)16-27-23(26-14-12-19-5-4-6-20(24)15-19)25-13-11-18-7-9-21(31-3)10-8-18;/h4-10,15H,11-14,16H2,1-3H3,(H2,25,26,27);1H. The van der Waals surface area contributed by atoms with Crippen molar-refractivity contribution in [2.45, 2.75) is 26.3 Å². The molecule has 1 aromatic heterocycles. The first-order valence-electron chi connectivity index (χ1n) is 10.3. The van der Waals surface area contributed by atoms with Gasteiger partial charge >= 0.3 is 0 Å². The lowest BCUT2D eigenvalue weighted by molar-refractivity contribution is 0.414. The molecule has 0 atom stereocenters. The molecule has 0 aliphatic heterocycles. The lowest BCUT2D eigenvalue weighted by Crippen LogP contribution is -2.39. The summed E-state index contributed by atoms with van der Waals surface area (Å²) >= 11 is 6.09.